The summed E-state index contributed by atoms with van der Waals surface area (Å²) < 4.78 is 0. The third kappa shape index (κ3) is 3.93. The first kappa shape index (κ1) is 15.3. The molecule has 21 heavy (non-hydrogen) atoms. The summed E-state index contributed by atoms with van der Waals surface area (Å²) in [6.45, 7) is 3.39. The van der Waals surface area contributed by atoms with Gasteiger partial charge in [-0.2, -0.15) is 0 Å². The minimum absolute atomic E-state index is 0.0640. The van der Waals surface area contributed by atoms with Gasteiger partial charge < -0.3 is 10.6 Å². The number of nitrogens with zero attached hydrogens (tertiary/aromatic N) is 1. The van der Waals surface area contributed by atoms with Gasteiger partial charge in [-0.15, -0.1) is 0 Å². The van der Waals surface area contributed by atoms with Crippen LogP contribution < -0.4 is 10.6 Å². The molecule has 0 spiro atoms. The van der Waals surface area contributed by atoms with Crippen molar-refractivity contribution in [1.82, 2.24) is 5.32 Å². The van der Waals surface area contributed by atoms with Crippen molar-refractivity contribution in [2.24, 2.45) is 5.92 Å². The molecule has 2 N–H and O–H groups in total. The molecule has 1 aliphatic carbocycles. The van der Waals surface area contributed by atoms with Crippen molar-refractivity contribution in [2.75, 3.05) is 18.4 Å². The minimum atomic E-state index is -0.480. The third-order valence-electron chi connectivity index (χ3n) is 3.80. The molecule has 1 amide bonds. The second-order valence-corrected chi connectivity index (χ2v) is 5.42. The quantitative estimate of drug-likeness (QED) is 0.597. The Labute approximate surface area is 124 Å². The molecular weight excluding hydrogens is 270 g/mol. The Kier molecular flexibility index (Phi) is 5.14. The second kappa shape index (κ2) is 7.06. The van der Waals surface area contributed by atoms with Gasteiger partial charge in [0.1, 0.15) is 0 Å². The highest BCUT2D eigenvalue weighted by molar-refractivity contribution is 6.00. The van der Waals surface area contributed by atoms with E-state index in [1.165, 1.54) is 18.6 Å². The van der Waals surface area contributed by atoms with Crippen LogP contribution in [0.4, 0.5) is 11.4 Å². The number of nitro benzene ring substituents is 1. The lowest BCUT2D eigenvalue weighted by Crippen LogP contribution is -2.32. The number of non-ortho nitro benzene ring substituents is 1. The molecule has 0 aliphatic heterocycles. The van der Waals surface area contributed by atoms with E-state index in [1.54, 1.807) is 6.07 Å². The van der Waals surface area contributed by atoms with Crippen LogP contribution in [0.25, 0.3) is 0 Å². The normalized spacial score (nSPS) is 14.3. The fraction of sp³-hybridized carbons (Fsp3) is 0.533. The minimum Gasteiger partial charge on any atom is -0.384 e. The van der Waals surface area contributed by atoms with E-state index < -0.39 is 4.92 Å². The van der Waals surface area contributed by atoms with Crippen molar-refractivity contribution in [3.05, 3.63) is 33.9 Å². The summed E-state index contributed by atoms with van der Waals surface area (Å²) in [5, 5.41) is 16.9. The summed E-state index contributed by atoms with van der Waals surface area (Å²) in [4.78, 5) is 22.7. The smallest absolute Gasteiger partial charge is 0.270 e. The summed E-state index contributed by atoms with van der Waals surface area (Å²) >= 11 is 0. The molecular formula is C15H21N3O3. The summed E-state index contributed by atoms with van der Waals surface area (Å²) in [5.74, 6) is 0.309. The Morgan fingerprint density at radius 1 is 1.43 bits per heavy atom. The first-order chi connectivity index (χ1) is 10.1. The van der Waals surface area contributed by atoms with Gasteiger partial charge in [-0.05, 0) is 31.2 Å². The number of rotatable bonds is 7. The highest BCUT2D eigenvalue weighted by Gasteiger charge is 2.20. The van der Waals surface area contributed by atoms with Crippen LogP contribution in [-0.4, -0.2) is 23.9 Å². The van der Waals surface area contributed by atoms with E-state index in [1.807, 2.05) is 6.92 Å². The maximum absolute atomic E-state index is 12.3. The summed E-state index contributed by atoms with van der Waals surface area (Å²) in [7, 11) is 0. The lowest BCUT2D eigenvalue weighted by molar-refractivity contribution is -0.384. The fourth-order valence-electron chi connectivity index (χ4n) is 2.28. The van der Waals surface area contributed by atoms with Crippen LogP contribution in [0.3, 0.4) is 0 Å². The Hall–Kier alpha value is -2.11. The average molecular weight is 291 g/mol. The highest BCUT2D eigenvalue weighted by Crippen LogP contribution is 2.26. The van der Waals surface area contributed by atoms with Gasteiger partial charge in [-0.1, -0.05) is 13.3 Å². The van der Waals surface area contributed by atoms with Crippen molar-refractivity contribution >= 4 is 17.3 Å². The van der Waals surface area contributed by atoms with E-state index in [0.29, 0.717) is 23.7 Å². The van der Waals surface area contributed by atoms with E-state index in [-0.39, 0.29) is 11.6 Å². The zero-order valence-corrected chi connectivity index (χ0v) is 12.2. The maximum atomic E-state index is 12.3. The predicted octanol–water partition coefficient (Wildman–Crippen LogP) is 2.95. The molecule has 0 radical (unpaired) electrons. The van der Waals surface area contributed by atoms with Gasteiger partial charge in [0.25, 0.3) is 11.6 Å². The van der Waals surface area contributed by atoms with Gasteiger partial charge in [0.2, 0.25) is 0 Å². The van der Waals surface area contributed by atoms with E-state index in [9.17, 15) is 14.9 Å². The molecule has 1 saturated carbocycles. The number of hydrogen-bond donors (Lipinski definition) is 2. The molecule has 2 rings (SSSR count). The maximum Gasteiger partial charge on any atom is 0.270 e. The Morgan fingerprint density at radius 3 is 2.76 bits per heavy atom. The number of carbonyl (C=O) groups is 1. The molecule has 1 aromatic carbocycles. The van der Waals surface area contributed by atoms with Crippen molar-refractivity contribution in [3.63, 3.8) is 0 Å². The molecule has 6 nitrogen and oxygen atoms in total. The third-order valence-corrected chi connectivity index (χ3v) is 3.80. The highest BCUT2D eigenvalue weighted by atomic mass is 16.6. The van der Waals surface area contributed by atoms with Crippen LogP contribution in [0.1, 0.15) is 43.0 Å². The zero-order valence-electron chi connectivity index (χ0n) is 12.2. The van der Waals surface area contributed by atoms with Crippen LogP contribution in [0.2, 0.25) is 0 Å². The van der Waals surface area contributed by atoms with Gasteiger partial charge in [-0.3, -0.25) is 14.9 Å². The average Bonchev–Trinajstić information content (AvgIpc) is 2.43. The molecule has 0 unspecified atom stereocenters. The molecule has 0 aromatic heterocycles. The van der Waals surface area contributed by atoms with Crippen LogP contribution in [-0.2, 0) is 0 Å². The van der Waals surface area contributed by atoms with Crippen molar-refractivity contribution in [1.29, 1.82) is 0 Å². The van der Waals surface area contributed by atoms with E-state index in [4.69, 9.17) is 0 Å². The van der Waals surface area contributed by atoms with Gasteiger partial charge >= 0.3 is 0 Å². The topological polar surface area (TPSA) is 84.3 Å². The van der Waals surface area contributed by atoms with Crippen molar-refractivity contribution < 1.29 is 9.72 Å². The summed E-state index contributed by atoms with van der Waals surface area (Å²) in [5.41, 5.74) is 0.927. The SMILES string of the molecule is CCCNc1ccc([N+](=O)[O-])cc1C(=O)NCC1CCC1. The number of hydrogen-bond acceptors (Lipinski definition) is 4. The molecule has 1 aromatic rings. The molecule has 114 valence electrons. The van der Waals surface area contributed by atoms with Gasteiger partial charge in [0.15, 0.2) is 0 Å². The van der Waals surface area contributed by atoms with E-state index in [2.05, 4.69) is 10.6 Å². The van der Waals surface area contributed by atoms with E-state index in [0.717, 1.165) is 25.8 Å². The monoisotopic (exact) mass is 291 g/mol. The number of carbonyl (C=O) groups excluding carboxylic acids is 1. The molecule has 0 saturated heterocycles. The van der Waals surface area contributed by atoms with Crippen LogP contribution in [0.15, 0.2) is 18.2 Å². The number of nitrogens with one attached hydrogen (secondary N) is 2. The molecule has 1 fully saturated rings. The van der Waals surface area contributed by atoms with Crippen LogP contribution in [0, 0.1) is 16.0 Å². The van der Waals surface area contributed by atoms with Crippen molar-refractivity contribution in [2.45, 2.75) is 32.6 Å². The standard InChI is InChI=1S/C15H21N3O3/c1-2-8-16-14-7-6-12(18(20)21)9-13(14)15(19)17-10-11-4-3-5-11/h6-7,9,11,16H,2-5,8,10H2,1H3,(H,17,19). The molecule has 0 heterocycles. The zero-order chi connectivity index (χ0) is 15.2. The first-order valence-electron chi connectivity index (χ1n) is 7.42. The Balaban J connectivity index is 2.13. The molecule has 1 aliphatic rings. The van der Waals surface area contributed by atoms with Crippen LogP contribution in [0.5, 0.6) is 0 Å². The van der Waals surface area contributed by atoms with Crippen LogP contribution >= 0.6 is 0 Å². The van der Waals surface area contributed by atoms with Gasteiger partial charge in [-0.25, -0.2) is 0 Å². The fourth-order valence-corrected chi connectivity index (χ4v) is 2.28. The predicted molar refractivity (Wildman–Crippen MR) is 81.6 cm³/mol. The van der Waals surface area contributed by atoms with Gasteiger partial charge in [0.05, 0.1) is 10.5 Å². The number of amides is 1. The summed E-state index contributed by atoms with van der Waals surface area (Å²) in [6.07, 6.45) is 4.44. The second-order valence-electron chi connectivity index (χ2n) is 5.42. The lowest BCUT2D eigenvalue weighted by atomic mass is 9.85. The Bertz CT molecular complexity index is 527. The van der Waals surface area contributed by atoms with E-state index >= 15 is 0 Å². The largest absolute Gasteiger partial charge is 0.384 e. The number of anilines is 1. The first-order valence-corrected chi connectivity index (χ1v) is 7.42. The Morgan fingerprint density at radius 2 is 2.19 bits per heavy atom. The summed E-state index contributed by atoms with van der Waals surface area (Å²) in [6, 6.07) is 4.36. The molecule has 0 bridgehead atoms. The number of nitro groups is 1. The van der Waals surface area contributed by atoms with Gasteiger partial charge in [0, 0.05) is 30.9 Å². The number of benzene rings is 1. The lowest BCUT2D eigenvalue weighted by Gasteiger charge is -2.25. The molecule has 0 atom stereocenters. The molecule has 6 heteroatoms. The van der Waals surface area contributed by atoms with Crippen molar-refractivity contribution in [3.8, 4) is 0 Å².